The number of hydrogen-bond donors (Lipinski definition) is 1. The van der Waals surface area contributed by atoms with Crippen LogP contribution in [0.15, 0.2) is 39.3 Å². The van der Waals surface area contributed by atoms with Crippen molar-refractivity contribution in [2.75, 3.05) is 6.61 Å². The molecule has 0 aliphatic carbocycles. The number of aryl methyl sites for hydroxylation is 1. The van der Waals surface area contributed by atoms with Gasteiger partial charge in [0, 0.05) is 15.4 Å². The van der Waals surface area contributed by atoms with Crippen molar-refractivity contribution in [2.24, 2.45) is 5.73 Å². The smallest absolute Gasteiger partial charge is 0.122 e. The van der Waals surface area contributed by atoms with Gasteiger partial charge in [-0.25, -0.2) is 0 Å². The van der Waals surface area contributed by atoms with E-state index >= 15 is 0 Å². The summed E-state index contributed by atoms with van der Waals surface area (Å²) in [5, 5.41) is 0. The summed E-state index contributed by atoms with van der Waals surface area (Å²) in [6.07, 6.45) is 0.967. The third-order valence-corrected chi connectivity index (χ3v) is 5.23. The van der Waals surface area contributed by atoms with E-state index in [0.717, 1.165) is 38.8 Å². The maximum Gasteiger partial charge on any atom is 0.122 e. The van der Waals surface area contributed by atoms with E-state index in [0.29, 0.717) is 0 Å². The number of halogens is 2. The van der Waals surface area contributed by atoms with Crippen LogP contribution in [0.1, 0.15) is 28.3 Å². The van der Waals surface area contributed by atoms with Crippen LogP contribution >= 0.6 is 31.9 Å². The first-order chi connectivity index (χ1) is 9.56. The highest BCUT2D eigenvalue weighted by molar-refractivity contribution is 9.11. The summed E-state index contributed by atoms with van der Waals surface area (Å²) >= 11 is 7.19. The number of hydrogen-bond acceptors (Lipinski definition) is 2. The summed E-state index contributed by atoms with van der Waals surface area (Å²) in [5.41, 5.74) is 11.1. The summed E-state index contributed by atoms with van der Waals surface area (Å²) in [4.78, 5) is 0. The predicted molar refractivity (Wildman–Crippen MR) is 88.3 cm³/mol. The van der Waals surface area contributed by atoms with Crippen molar-refractivity contribution in [3.63, 3.8) is 0 Å². The molecule has 0 spiro atoms. The van der Waals surface area contributed by atoms with E-state index in [1.54, 1.807) is 0 Å². The predicted octanol–water partition coefficient (Wildman–Crippen LogP) is 4.50. The third-order valence-electron chi connectivity index (χ3n) is 3.69. The normalized spacial score (nSPS) is 14.8. The van der Waals surface area contributed by atoms with Crippen molar-refractivity contribution in [3.8, 4) is 5.75 Å². The van der Waals surface area contributed by atoms with Crippen LogP contribution in [0, 0.1) is 6.92 Å². The fourth-order valence-electron chi connectivity index (χ4n) is 2.48. The van der Waals surface area contributed by atoms with Crippen LogP contribution in [0.5, 0.6) is 5.75 Å². The van der Waals surface area contributed by atoms with Crippen molar-refractivity contribution in [1.82, 2.24) is 0 Å². The van der Waals surface area contributed by atoms with Gasteiger partial charge in [-0.3, -0.25) is 0 Å². The molecule has 1 aliphatic heterocycles. The lowest BCUT2D eigenvalue weighted by atomic mass is 9.96. The van der Waals surface area contributed by atoms with Gasteiger partial charge >= 0.3 is 0 Å². The quantitative estimate of drug-likeness (QED) is 0.810. The molecule has 1 aliphatic rings. The van der Waals surface area contributed by atoms with Gasteiger partial charge < -0.3 is 10.5 Å². The lowest BCUT2D eigenvalue weighted by Gasteiger charge is -2.16. The van der Waals surface area contributed by atoms with Crippen molar-refractivity contribution in [2.45, 2.75) is 19.4 Å². The molecular weight excluding hydrogens is 382 g/mol. The van der Waals surface area contributed by atoms with Crippen molar-refractivity contribution < 1.29 is 4.74 Å². The molecule has 0 amide bonds. The van der Waals surface area contributed by atoms with Gasteiger partial charge in [-0.2, -0.15) is 0 Å². The van der Waals surface area contributed by atoms with Gasteiger partial charge in [0.05, 0.1) is 12.6 Å². The Hall–Kier alpha value is -0.840. The lowest BCUT2D eigenvalue weighted by Crippen LogP contribution is -2.13. The molecule has 0 saturated carbocycles. The van der Waals surface area contributed by atoms with Crippen LogP contribution in [0.2, 0.25) is 0 Å². The van der Waals surface area contributed by atoms with Gasteiger partial charge in [0.1, 0.15) is 5.75 Å². The van der Waals surface area contributed by atoms with Gasteiger partial charge in [0.15, 0.2) is 0 Å². The molecule has 104 valence electrons. The molecule has 20 heavy (non-hydrogen) atoms. The molecule has 2 aromatic carbocycles. The molecule has 0 bridgehead atoms. The Morgan fingerprint density at radius 2 is 1.95 bits per heavy atom. The molecule has 0 radical (unpaired) electrons. The second-order valence-electron chi connectivity index (χ2n) is 5.07. The molecule has 3 rings (SSSR count). The minimum atomic E-state index is -0.146. The Balaban J connectivity index is 2.00. The van der Waals surface area contributed by atoms with Crippen LogP contribution in [0.4, 0.5) is 0 Å². The van der Waals surface area contributed by atoms with E-state index in [9.17, 15) is 0 Å². The van der Waals surface area contributed by atoms with Crippen LogP contribution in [0.25, 0.3) is 0 Å². The number of fused-ring (bicyclic) bond motifs is 1. The van der Waals surface area contributed by atoms with E-state index < -0.39 is 0 Å². The fourth-order valence-corrected chi connectivity index (χ4v) is 3.55. The van der Waals surface area contributed by atoms with Crippen LogP contribution in [-0.4, -0.2) is 6.61 Å². The number of benzene rings is 2. The SMILES string of the molecule is Cc1cc(Br)c(C(N)c2ccc3c(c2)CCO3)cc1Br. The van der Waals surface area contributed by atoms with E-state index in [2.05, 4.69) is 63.0 Å². The van der Waals surface area contributed by atoms with Crippen LogP contribution in [-0.2, 0) is 6.42 Å². The highest BCUT2D eigenvalue weighted by atomic mass is 79.9. The molecular formula is C16H15Br2NO. The third kappa shape index (κ3) is 2.52. The first-order valence-corrected chi connectivity index (χ1v) is 8.11. The number of nitrogens with two attached hydrogens (primary N) is 1. The Morgan fingerprint density at radius 1 is 1.15 bits per heavy atom. The zero-order chi connectivity index (χ0) is 14.3. The van der Waals surface area contributed by atoms with Gasteiger partial charge in [0.25, 0.3) is 0 Å². The average Bonchev–Trinajstić information content (AvgIpc) is 2.89. The molecule has 0 fully saturated rings. The van der Waals surface area contributed by atoms with Gasteiger partial charge in [-0.1, -0.05) is 44.0 Å². The molecule has 2 nitrogen and oxygen atoms in total. The second kappa shape index (κ2) is 5.51. The number of ether oxygens (including phenoxy) is 1. The van der Waals surface area contributed by atoms with E-state index in [-0.39, 0.29) is 6.04 Å². The van der Waals surface area contributed by atoms with E-state index in [1.165, 1.54) is 11.1 Å². The molecule has 1 unspecified atom stereocenters. The van der Waals surface area contributed by atoms with Crippen LogP contribution < -0.4 is 10.5 Å². The van der Waals surface area contributed by atoms with Crippen molar-refractivity contribution in [1.29, 1.82) is 0 Å². The molecule has 1 heterocycles. The van der Waals surface area contributed by atoms with Crippen molar-refractivity contribution in [3.05, 3.63) is 61.5 Å². The topological polar surface area (TPSA) is 35.2 Å². The maximum atomic E-state index is 6.44. The van der Waals surface area contributed by atoms with E-state index in [4.69, 9.17) is 10.5 Å². The zero-order valence-electron chi connectivity index (χ0n) is 11.1. The molecule has 0 aromatic heterocycles. The minimum absolute atomic E-state index is 0.146. The highest BCUT2D eigenvalue weighted by Crippen LogP contribution is 2.34. The highest BCUT2D eigenvalue weighted by Gasteiger charge is 2.18. The van der Waals surface area contributed by atoms with Gasteiger partial charge in [0.2, 0.25) is 0 Å². The first-order valence-electron chi connectivity index (χ1n) is 6.53. The summed E-state index contributed by atoms with van der Waals surface area (Å²) < 4.78 is 7.66. The molecule has 4 heteroatoms. The lowest BCUT2D eigenvalue weighted by molar-refractivity contribution is 0.357. The standard InChI is InChI=1S/C16H15Br2NO/c1-9-6-14(18)12(8-13(9)17)16(19)11-2-3-15-10(7-11)4-5-20-15/h2-3,6-8,16H,4-5,19H2,1H3. The van der Waals surface area contributed by atoms with Crippen molar-refractivity contribution >= 4 is 31.9 Å². The maximum absolute atomic E-state index is 6.44. The Bertz CT molecular complexity index is 670. The van der Waals surface area contributed by atoms with Gasteiger partial charge in [-0.05, 0) is 47.4 Å². The largest absolute Gasteiger partial charge is 0.493 e. The summed E-state index contributed by atoms with van der Waals surface area (Å²) in [5.74, 6) is 0.991. The Kier molecular flexibility index (Phi) is 3.89. The molecule has 0 saturated heterocycles. The first kappa shape index (κ1) is 14.1. The summed E-state index contributed by atoms with van der Waals surface area (Å²) in [6, 6.07) is 10.3. The Labute approximate surface area is 135 Å². The minimum Gasteiger partial charge on any atom is -0.493 e. The summed E-state index contributed by atoms with van der Waals surface area (Å²) in [6.45, 7) is 2.84. The van der Waals surface area contributed by atoms with Gasteiger partial charge in [-0.15, -0.1) is 0 Å². The van der Waals surface area contributed by atoms with Crippen LogP contribution in [0.3, 0.4) is 0 Å². The average molecular weight is 397 g/mol. The second-order valence-corrected chi connectivity index (χ2v) is 6.77. The Morgan fingerprint density at radius 3 is 2.75 bits per heavy atom. The molecule has 2 N–H and O–H groups in total. The number of rotatable bonds is 2. The summed E-state index contributed by atoms with van der Waals surface area (Å²) in [7, 11) is 0. The van der Waals surface area contributed by atoms with E-state index in [1.807, 2.05) is 6.07 Å². The zero-order valence-corrected chi connectivity index (χ0v) is 14.3. The molecule has 2 aromatic rings. The molecule has 1 atom stereocenters. The fraction of sp³-hybridized carbons (Fsp3) is 0.250. The monoisotopic (exact) mass is 395 g/mol.